The summed E-state index contributed by atoms with van der Waals surface area (Å²) in [5.74, 6) is 0.335. The Labute approximate surface area is 117 Å². The van der Waals surface area contributed by atoms with Crippen molar-refractivity contribution in [3.8, 4) is 0 Å². The van der Waals surface area contributed by atoms with Crippen LogP contribution in [0.1, 0.15) is 41.0 Å². The lowest BCUT2D eigenvalue weighted by molar-refractivity contribution is -0.123. The van der Waals surface area contributed by atoms with Crippen molar-refractivity contribution >= 4 is 18.3 Å². The summed E-state index contributed by atoms with van der Waals surface area (Å²) >= 11 is 0. The molecule has 0 spiro atoms. The molecule has 4 nitrogen and oxygen atoms in total. The van der Waals surface area contributed by atoms with E-state index in [-0.39, 0.29) is 29.8 Å². The van der Waals surface area contributed by atoms with E-state index in [4.69, 9.17) is 10.5 Å². The van der Waals surface area contributed by atoms with Crippen LogP contribution in [0.4, 0.5) is 0 Å². The maximum absolute atomic E-state index is 11.7. The molecule has 2 atom stereocenters. The summed E-state index contributed by atoms with van der Waals surface area (Å²) in [4.78, 5) is 11.7. The number of hydrogen-bond acceptors (Lipinski definition) is 3. The van der Waals surface area contributed by atoms with Gasteiger partial charge in [-0.2, -0.15) is 0 Å². The maximum atomic E-state index is 11.7. The van der Waals surface area contributed by atoms with E-state index in [9.17, 15) is 4.79 Å². The highest BCUT2D eigenvalue weighted by Crippen LogP contribution is 2.20. The van der Waals surface area contributed by atoms with Gasteiger partial charge < -0.3 is 15.8 Å². The van der Waals surface area contributed by atoms with E-state index in [0.717, 1.165) is 0 Å². The standard InChI is InChI=1S/C13H28N2O2.ClH/c1-9(2)7-10(14)12(16)15-8-11(17-6)13(3,4)5;/h9-11H,7-8,14H2,1-6H3,(H,15,16);1H/t10-,11?;/m0./s1. The molecular weight excluding hydrogens is 252 g/mol. The molecule has 0 aromatic rings. The fourth-order valence-corrected chi connectivity index (χ4v) is 1.68. The number of nitrogens with two attached hydrogens (primary N) is 1. The molecular formula is C13H29ClN2O2. The molecule has 0 fully saturated rings. The van der Waals surface area contributed by atoms with Crippen LogP contribution in [0.15, 0.2) is 0 Å². The van der Waals surface area contributed by atoms with Crippen LogP contribution in [0.5, 0.6) is 0 Å². The largest absolute Gasteiger partial charge is 0.379 e. The second-order valence-corrected chi connectivity index (χ2v) is 6.07. The van der Waals surface area contributed by atoms with Gasteiger partial charge >= 0.3 is 0 Å². The molecule has 1 unspecified atom stereocenters. The third-order valence-electron chi connectivity index (χ3n) is 2.77. The average molecular weight is 281 g/mol. The summed E-state index contributed by atoms with van der Waals surface area (Å²) < 4.78 is 5.37. The number of hydrogen-bond donors (Lipinski definition) is 2. The van der Waals surface area contributed by atoms with E-state index in [1.165, 1.54) is 0 Å². The molecule has 0 saturated carbocycles. The molecule has 0 heterocycles. The third-order valence-corrected chi connectivity index (χ3v) is 2.77. The van der Waals surface area contributed by atoms with Crippen molar-refractivity contribution in [3.05, 3.63) is 0 Å². The van der Waals surface area contributed by atoms with Crippen LogP contribution < -0.4 is 11.1 Å². The Morgan fingerprint density at radius 3 is 2.17 bits per heavy atom. The van der Waals surface area contributed by atoms with Gasteiger partial charge in [0.1, 0.15) is 0 Å². The molecule has 0 saturated heterocycles. The van der Waals surface area contributed by atoms with Gasteiger partial charge in [-0.15, -0.1) is 12.4 Å². The summed E-state index contributed by atoms with van der Waals surface area (Å²) in [6.45, 7) is 10.9. The van der Waals surface area contributed by atoms with Crippen LogP contribution in [0.3, 0.4) is 0 Å². The Morgan fingerprint density at radius 2 is 1.83 bits per heavy atom. The lowest BCUT2D eigenvalue weighted by Crippen LogP contribution is -2.47. The summed E-state index contributed by atoms with van der Waals surface area (Å²) in [5.41, 5.74) is 5.81. The molecule has 110 valence electrons. The van der Waals surface area contributed by atoms with Crippen molar-refractivity contribution in [3.63, 3.8) is 0 Å². The molecule has 0 aliphatic rings. The topological polar surface area (TPSA) is 64.3 Å². The van der Waals surface area contributed by atoms with Gasteiger partial charge in [-0.05, 0) is 17.8 Å². The smallest absolute Gasteiger partial charge is 0.237 e. The minimum atomic E-state index is -0.424. The Bertz CT molecular complexity index is 240. The van der Waals surface area contributed by atoms with E-state index in [2.05, 4.69) is 39.9 Å². The first-order valence-electron chi connectivity index (χ1n) is 6.24. The van der Waals surface area contributed by atoms with Crippen molar-refractivity contribution in [1.82, 2.24) is 5.32 Å². The van der Waals surface area contributed by atoms with Crippen LogP contribution in [0.2, 0.25) is 0 Å². The molecule has 0 rings (SSSR count). The lowest BCUT2D eigenvalue weighted by Gasteiger charge is -2.29. The number of halogens is 1. The second kappa shape index (κ2) is 8.73. The summed E-state index contributed by atoms with van der Waals surface area (Å²) in [6.07, 6.45) is 0.705. The number of methoxy groups -OCH3 is 1. The number of carbonyl (C=O) groups is 1. The van der Waals surface area contributed by atoms with Gasteiger partial charge in [0.2, 0.25) is 5.91 Å². The maximum Gasteiger partial charge on any atom is 0.237 e. The number of ether oxygens (including phenoxy) is 1. The summed E-state index contributed by atoms with van der Waals surface area (Å²) in [5, 5.41) is 2.86. The zero-order valence-electron chi connectivity index (χ0n) is 12.4. The van der Waals surface area contributed by atoms with Crippen molar-refractivity contribution in [1.29, 1.82) is 0 Å². The zero-order valence-corrected chi connectivity index (χ0v) is 13.3. The first-order valence-corrected chi connectivity index (χ1v) is 6.24. The average Bonchev–Trinajstić information content (AvgIpc) is 2.15. The van der Waals surface area contributed by atoms with Gasteiger partial charge in [0.25, 0.3) is 0 Å². The molecule has 0 bridgehead atoms. The fraction of sp³-hybridized carbons (Fsp3) is 0.923. The Balaban J connectivity index is 0. The number of nitrogens with one attached hydrogen (secondary N) is 1. The van der Waals surface area contributed by atoms with Gasteiger partial charge in [0.05, 0.1) is 12.1 Å². The zero-order chi connectivity index (χ0) is 13.6. The highest BCUT2D eigenvalue weighted by Gasteiger charge is 2.25. The first-order chi connectivity index (χ1) is 7.68. The Hall–Kier alpha value is -0.320. The van der Waals surface area contributed by atoms with Gasteiger partial charge in [-0.25, -0.2) is 0 Å². The third kappa shape index (κ3) is 7.90. The number of amides is 1. The van der Waals surface area contributed by atoms with E-state index in [0.29, 0.717) is 18.9 Å². The predicted octanol–water partition coefficient (Wildman–Crippen LogP) is 1.96. The number of rotatable bonds is 6. The minimum Gasteiger partial charge on any atom is -0.379 e. The van der Waals surface area contributed by atoms with Crippen molar-refractivity contribution in [2.45, 2.75) is 53.2 Å². The lowest BCUT2D eigenvalue weighted by atomic mass is 9.89. The monoisotopic (exact) mass is 280 g/mol. The van der Waals surface area contributed by atoms with Gasteiger partial charge in [0, 0.05) is 13.7 Å². The van der Waals surface area contributed by atoms with E-state index >= 15 is 0 Å². The molecule has 0 aromatic heterocycles. The second-order valence-electron chi connectivity index (χ2n) is 6.07. The predicted molar refractivity (Wildman–Crippen MR) is 77.9 cm³/mol. The van der Waals surface area contributed by atoms with E-state index in [1.807, 2.05) is 0 Å². The van der Waals surface area contributed by atoms with Crippen LogP contribution >= 0.6 is 12.4 Å². The fourth-order valence-electron chi connectivity index (χ4n) is 1.68. The minimum absolute atomic E-state index is 0. The van der Waals surface area contributed by atoms with Gasteiger partial charge in [-0.3, -0.25) is 4.79 Å². The molecule has 5 heteroatoms. The van der Waals surface area contributed by atoms with E-state index in [1.54, 1.807) is 7.11 Å². The van der Waals surface area contributed by atoms with Gasteiger partial charge in [-0.1, -0.05) is 34.6 Å². The summed E-state index contributed by atoms with van der Waals surface area (Å²) in [7, 11) is 1.66. The van der Waals surface area contributed by atoms with Crippen LogP contribution in [-0.2, 0) is 9.53 Å². The molecule has 0 radical (unpaired) electrons. The van der Waals surface area contributed by atoms with Crippen LogP contribution in [0, 0.1) is 11.3 Å². The van der Waals surface area contributed by atoms with Crippen LogP contribution in [-0.4, -0.2) is 31.7 Å². The highest BCUT2D eigenvalue weighted by atomic mass is 35.5. The highest BCUT2D eigenvalue weighted by molar-refractivity contribution is 5.85. The molecule has 1 amide bonds. The first kappa shape index (κ1) is 20.0. The molecule has 0 aliphatic heterocycles. The van der Waals surface area contributed by atoms with Crippen molar-refractivity contribution in [2.75, 3.05) is 13.7 Å². The Morgan fingerprint density at radius 1 is 1.33 bits per heavy atom. The molecule has 0 aromatic carbocycles. The SMILES string of the molecule is COC(CNC(=O)[C@@H](N)CC(C)C)C(C)(C)C.Cl. The number of carbonyl (C=O) groups excluding carboxylic acids is 1. The van der Waals surface area contributed by atoms with Crippen LogP contribution in [0.25, 0.3) is 0 Å². The normalized spacial score (nSPS) is 14.9. The quantitative estimate of drug-likeness (QED) is 0.782. The van der Waals surface area contributed by atoms with Crippen molar-refractivity contribution in [2.24, 2.45) is 17.1 Å². The molecule has 18 heavy (non-hydrogen) atoms. The van der Waals surface area contributed by atoms with E-state index < -0.39 is 6.04 Å². The Kier molecular flexibility index (Phi) is 9.70. The summed E-state index contributed by atoms with van der Waals surface area (Å²) in [6, 6.07) is -0.424. The van der Waals surface area contributed by atoms with Gasteiger partial charge in [0.15, 0.2) is 0 Å². The molecule has 3 N–H and O–H groups in total. The molecule has 0 aliphatic carbocycles. The van der Waals surface area contributed by atoms with Crippen molar-refractivity contribution < 1.29 is 9.53 Å².